The van der Waals surface area contributed by atoms with Crippen molar-refractivity contribution < 1.29 is 12.8 Å². The summed E-state index contributed by atoms with van der Waals surface area (Å²) in [6.07, 6.45) is 0. The Kier molecular flexibility index (Phi) is 3.66. The molecule has 0 spiro atoms. The first-order valence-electron chi connectivity index (χ1n) is 6.23. The zero-order chi connectivity index (χ0) is 15.8. The van der Waals surface area contributed by atoms with Crippen LogP contribution in [0.5, 0.6) is 0 Å². The summed E-state index contributed by atoms with van der Waals surface area (Å²) in [7, 11) is -4.06. The number of aromatic amines is 1. The zero-order valence-electron chi connectivity index (χ0n) is 11.9. The Hall–Kier alpha value is -2.09. The fourth-order valence-corrected chi connectivity index (χ4v) is 2.74. The average Bonchev–Trinajstić information content (AvgIpc) is 2.75. The molecule has 0 fully saturated rings. The topological polar surface area (TPSA) is 101 Å². The molecule has 0 unspecified atom stereocenters. The molecular formula is C13H17FN4O2S. The molecule has 0 amide bonds. The van der Waals surface area contributed by atoms with E-state index in [1.807, 2.05) is 20.8 Å². The van der Waals surface area contributed by atoms with Crippen LogP contribution >= 0.6 is 0 Å². The van der Waals surface area contributed by atoms with Gasteiger partial charge in [-0.15, -0.1) is 0 Å². The van der Waals surface area contributed by atoms with Crippen LogP contribution in [0.25, 0.3) is 0 Å². The summed E-state index contributed by atoms with van der Waals surface area (Å²) in [6.45, 7) is 5.87. The van der Waals surface area contributed by atoms with Crippen LogP contribution < -0.4 is 10.5 Å². The molecule has 114 valence electrons. The molecule has 2 rings (SSSR count). The van der Waals surface area contributed by atoms with E-state index in [9.17, 15) is 12.8 Å². The molecule has 0 aliphatic rings. The monoisotopic (exact) mass is 312 g/mol. The summed E-state index contributed by atoms with van der Waals surface area (Å²) in [5.74, 6) is -0.801. The van der Waals surface area contributed by atoms with Gasteiger partial charge in [0.15, 0.2) is 5.82 Å². The molecule has 8 heteroatoms. The number of H-pyrrole nitrogens is 1. The molecule has 2 aromatic rings. The van der Waals surface area contributed by atoms with Crippen LogP contribution in [0, 0.1) is 5.82 Å². The van der Waals surface area contributed by atoms with E-state index in [1.54, 1.807) is 6.07 Å². The number of hydrogen-bond donors (Lipinski definition) is 3. The van der Waals surface area contributed by atoms with Gasteiger partial charge in [-0.05, 0) is 18.2 Å². The molecule has 0 saturated carbocycles. The standard InChI is InChI=1S/C13H17FN4O2S/c1-13(2,3)11-7-12(17-16-11)18-21(19,20)10-5-4-8(15)6-9(10)14/h4-7H,15H2,1-3H3,(H2,16,17,18). The smallest absolute Gasteiger partial charge is 0.266 e. The van der Waals surface area contributed by atoms with E-state index in [1.165, 1.54) is 6.07 Å². The van der Waals surface area contributed by atoms with Gasteiger partial charge in [0.05, 0.1) is 0 Å². The van der Waals surface area contributed by atoms with Crippen molar-refractivity contribution in [2.24, 2.45) is 0 Å². The molecule has 0 aliphatic carbocycles. The minimum atomic E-state index is -4.06. The van der Waals surface area contributed by atoms with Crippen molar-refractivity contribution in [2.45, 2.75) is 31.1 Å². The van der Waals surface area contributed by atoms with Crippen LogP contribution in [0.1, 0.15) is 26.5 Å². The summed E-state index contributed by atoms with van der Waals surface area (Å²) in [6, 6.07) is 4.97. The van der Waals surface area contributed by atoms with Crippen molar-refractivity contribution in [1.29, 1.82) is 0 Å². The number of rotatable bonds is 3. The Morgan fingerprint density at radius 1 is 1.29 bits per heavy atom. The van der Waals surface area contributed by atoms with E-state index >= 15 is 0 Å². The molecular weight excluding hydrogens is 295 g/mol. The highest BCUT2D eigenvalue weighted by Crippen LogP contribution is 2.24. The van der Waals surface area contributed by atoms with Crippen molar-refractivity contribution in [1.82, 2.24) is 10.2 Å². The summed E-state index contributed by atoms with van der Waals surface area (Å²) in [4.78, 5) is -0.475. The van der Waals surface area contributed by atoms with Gasteiger partial charge in [-0.25, -0.2) is 12.8 Å². The van der Waals surface area contributed by atoms with Gasteiger partial charge in [-0.1, -0.05) is 20.8 Å². The Bertz CT molecular complexity index is 763. The lowest BCUT2D eigenvalue weighted by Gasteiger charge is -2.14. The van der Waals surface area contributed by atoms with Crippen LogP contribution in [0.4, 0.5) is 15.9 Å². The summed E-state index contributed by atoms with van der Waals surface area (Å²) in [5, 5.41) is 6.63. The molecule has 0 bridgehead atoms. The van der Waals surface area contributed by atoms with Crippen molar-refractivity contribution in [3.63, 3.8) is 0 Å². The number of benzene rings is 1. The Morgan fingerprint density at radius 2 is 1.95 bits per heavy atom. The highest BCUT2D eigenvalue weighted by Gasteiger charge is 2.22. The predicted molar refractivity (Wildman–Crippen MR) is 78.9 cm³/mol. The van der Waals surface area contributed by atoms with Crippen LogP contribution in [0.15, 0.2) is 29.2 Å². The van der Waals surface area contributed by atoms with E-state index in [-0.39, 0.29) is 16.9 Å². The lowest BCUT2D eigenvalue weighted by molar-refractivity contribution is 0.567. The Labute approximate surface area is 122 Å². The van der Waals surface area contributed by atoms with E-state index < -0.39 is 20.7 Å². The SMILES string of the molecule is CC(C)(C)c1cc(NS(=O)(=O)c2ccc(N)cc2F)n[nH]1. The molecule has 6 nitrogen and oxygen atoms in total. The molecule has 0 radical (unpaired) electrons. The second kappa shape index (κ2) is 5.03. The van der Waals surface area contributed by atoms with Crippen molar-refractivity contribution in [3.8, 4) is 0 Å². The van der Waals surface area contributed by atoms with E-state index in [4.69, 9.17) is 5.73 Å². The van der Waals surface area contributed by atoms with Crippen molar-refractivity contribution >= 4 is 21.5 Å². The lowest BCUT2D eigenvalue weighted by atomic mass is 9.92. The fourth-order valence-electron chi connectivity index (χ4n) is 1.69. The number of halogens is 1. The van der Waals surface area contributed by atoms with Crippen LogP contribution in [0.3, 0.4) is 0 Å². The van der Waals surface area contributed by atoms with Crippen molar-refractivity contribution in [3.05, 3.63) is 35.8 Å². The summed E-state index contributed by atoms with van der Waals surface area (Å²) in [5.41, 5.74) is 6.11. The highest BCUT2D eigenvalue weighted by atomic mass is 32.2. The van der Waals surface area contributed by atoms with Gasteiger partial charge < -0.3 is 5.73 Å². The molecule has 0 saturated heterocycles. The molecule has 4 N–H and O–H groups in total. The lowest BCUT2D eigenvalue weighted by Crippen LogP contribution is -2.15. The summed E-state index contributed by atoms with van der Waals surface area (Å²) >= 11 is 0. The zero-order valence-corrected chi connectivity index (χ0v) is 12.8. The third-order valence-corrected chi connectivity index (χ3v) is 4.26. The number of hydrogen-bond acceptors (Lipinski definition) is 4. The van der Waals surface area contributed by atoms with Gasteiger partial charge in [0.25, 0.3) is 10.0 Å². The Balaban J connectivity index is 2.31. The minimum Gasteiger partial charge on any atom is -0.399 e. The molecule has 1 heterocycles. The summed E-state index contributed by atoms with van der Waals surface area (Å²) < 4.78 is 40.2. The maximum atomic E-state index is 13.7. The predicted octanol–water partition coefficient (Wildman–Crippen LogP) is 2.23. The number of nitrogen functional groups attached to an aromatic ring is 1. The van der Waals surface area contributed by atoms with E-state index in [0.29, 0.717) is 0 Å². The van der Waals surface area contributed by atoms with Gasteiger partial charge in [-0.3, -0.25) is 9.82 Å². The number of aromatic nitrogens is 2. The van der Waals surface area contributed by atoms with Crippen LogP contribution in [-0.2, 0) is 15.4 Å². The highest BCUT2D eigenvalue weighted by molar-refractivity contribution is 7.92. The molecule has 1 aromatic carbocycles. The number of anilines is 2. The van der Waals surface area contributed by atoms with Gasteiger partial charge in [-0.2, -0.15) is 5.10 Å². The molecule has 21 heavy (non-hydrogen) atoms. The second-order valence-corrected chi connectivity index (χ2v) is 7.36. The van der Waals surface area contributed by atoms with Crippen LogP contribution in [0.2, 0.25) is 0 Å². The van der Waals surface area contributed by atoms with Gasteiger partial charge >= 0.3 is 0 Å². The maximum Gasteiger partial charge on any atom is 0.266 e. The van der Waals surface area contributed by atoms with Crippen LogP contribution in [-0.4, -0.2) is 18.6 Å². The van der Waals surface area contributed by atoms with Gasteiger partial charge in [0.1, 0.15) is 10.7 Å². The number of nitrogens with zero attached hydrogens (tertiary/aromatic N) is 1. The Morgan fingerprint density at radius 3 is 2.48 bits per heavy atom. The third kappa shape index (κ3) is 3.33. The first kappa shape index (κ1) is 15.3. The fraction of sp³-hybridized carbons (Fsp3) is 0.308. The quantitative estimate of drug-likeness (QED) is 0.756. The third-order valence-electron chi connectivity index (χ3n) is 2.87. The second-order valence-electron chi connectivity index (χ2n) is 5.71. The van der Waals surface area contributed by atoms with E-state index in [2.05, 4.69) is 14.9 Å². The van der Waals surface area contributed by atoms with Gasteiger partial charge in [0.2, 0.25) is 0 Å². The number of nitrogens with two attached hydrogens (primary N) is 1. The minimum absolute atomic E-state index is 0.108. The largest absolute Gasteiger partial charge is 0.399 e. The molecule has 1 aromatic heterocycles. The van der Waals surface area contributed by atoms with E-state index in [0.717, 1.165) is 17.8 Å². The molecule has 0 atom stereocenters. The normalized spacial score (nSPS) is 12.4. The maximum absolute atomic E-state index is 13.7. The van der Waals surface area contributed by atoms with Gasteiger partial charge in [0, 0.05) is 22.9 Å². The average molecular weight is 312 g/mol. The first-order chi connectivity index (χ1) is 9.59. The molecule has 0 aliphatic heterocycles. The first-order valence-corrected chi connectivity index (χ1v) is 7.71. The number of nitrogens with one attached hydrogen (secondary N) is 2. The number of sulfonamides is 1. The van der Waals surface area contributed by atoms with Crippen molar-refractivity contribution in [2.75, 3.05) is 10.5 Å².